The molecule has 6 heterocycles. The number of rotatable bonds is 8. The summed E-state index contributed by atoms with van der Waals surface area (Å²) in [6.45, 7) is 0.280. The van der Waals surface area contributed by atoms with Crippen molar-refractivity contribution in [2.24, 2.45) is 0 Å². The standard InChI is InChI=1S/C38H36N10O4S/c1-40-29-16-30(31-10-8-26-14-22(17-39)18-42-48(26)31)41-19-28(29)37-45-44-36(53-37)23-4-6-25(7-5-23)46(2)34(50)15-21-3-9-27-24(13-21)20-47(38(27)52)32-11-12-33(49)43-35(32)51/h3,8-10,13-14,16,18-19,23,25,32H,4-7,11-12,15,20H2,1-2H3,(H,40,41)(H,43,49,51)/t23-,25-,32?. The lowest BCUT2D eigenvalue weighted by atomic mass is 9.85. The van der Waals surface area contributed by atoms with Crippen molar-refractivity contribution in [3.63, 3.8) is 0 Å². The van der Waals surface area contributed by atoms with Crippen LogP contribution in [0.5, 0.6) is 0 Å². The lowest BCUT2D eigenvalue weighted by molar-refractivity contribution is -0.137. The minimum atomic E-state index is -0.670. The molecule has 14 nitrogen and oxygen atoms in total. The summed E-state index contributed by atoms with van der Waals surface area (Å²) >= 11 is 1.57. The van der Waals surface area contributed by atoms with Crippen molar-refractivity contribution in [1.82, 2.24) is 39.9 Å². The van der Waals surface area contributed by atoms with Crippen LogP contribution in [0.2, 0.25) is 0 Å². The normalized spacial score (nSPS) is 19.9. The summed E-state index contributed by atoms with van der Waals surface area (Å²) in [6.07, 6.45) is 7.58. The fourth-order valence-electron chi connectivity index (χ4n) is 7.69. The predicted molar refractivity (Wildman–Crippen MR) is 196 cm³/mol. The Labute approximate surface area is 308 Å². The minimum Gasteiger partial charge on any atom is -0.387 e. The van der Waals surface area contributed by atoms with Gasteiger partial charge in [-0.15, -0.1) is 10.2 Å². The maximum atomic E-state index is 13.4. The van der Waals surface area contributed by atoms with Crippen LogP contribution in [0.3, 0.4) is 0 Å². The number of pyridine rings is 1. The van der Waals surface area contributed by atoms with Crippen molar-refractivity contribution in [3.8, 4) is 28.0 Å². The second-order valence-corrected chi connectivity index (χ2v) is 14.8. The smallest absolute Gasteiger partial charge is 0.255 e. The van der Waals surface area contributed by atoms with Crippen LogP contribution in [0.4, 0.5) is 5.69 Å². The van der Waals surface area contributed by atoms with Gasteiger partial charge in [0, 0.05) is 56.5 Å². The molecule has 1 aromatic carbocycles. The van der Waals surface area contributed by atoms with Gasteiger partial charge in [0.2, 0.25) is 17.7 Å². The van der Waals surface area contributed by atoms with Gasteiger partial charge in [0.1, 0.15) is 17.1 Å². The highest BCUT2D eigenvalue weighted by atomic mass is 32.1. The molecule has 3 aliphatic rings. The fourth-order valence-corrected chi connectivity index (χ4v) is 8.72. The van der Waals surface area contributed by atoms with Gasteiger partial charge in [0.25, 0.3) is 5.91 Å². The summed E-state index contributed by atoms with van der Waals surface area (Å²) in [5, 5.41) is 30.1. The number of imide groups is 1. The van der Waals surface area contributed by atoms with Crippen molar-refractivity contribution in [3.05, 3.63) is 82.1 Å². The first-order valence-corrected chi connectivity index (χ1v) is 18.4. The molecular formula is C38H36N10O4S. The van der Waals surface area contributed by atoms with Crippen LogP contribution in [-0.2, 0) is 27.3 Å². The fraction of sp³-hybridized carbons (Fsp3) is 0.342. The van der Waals surface area contributed by atoms with Crippen molar-refractivity contribution in [1.29, 1.82) is 5.26 Å². The molecule has 0 radical (unpaired) electrons. The molecular weight excluding hydrogens is 693 g/mol. The molecule has 4 amide bonds. The Balaban J connectivity index is 0.881. The number of hydrogen-bond acceptors (Lipinski definition) is 11. The molecule has 0 spiro atoms. The number of nitriles is 1. The van der Waals surface area contributed by atoms with E-state index in [-0.39, 0.29) is 49.1 Å². The highest BCUT2D eigenvalue weighted by Crippen LogP contribution is 2.40. The van der Waals surface area contributed by atoms with Crippen molar-refractivity contribution in [2.75, 3.05) is 19.4 Å². The molecule has 53 heavy (non-hydrogen) atoms. The molecule has 4 aromatic heterocycles. The first kappa shape index (κ1) is 34.1. The maximum Gasteiger partial charge on any atom is 0.255 e. The van der Waals surface area contributed by atoms with E-state index in [4.69, 9.17) is 4.98 Å². The van der Waals surface area contributed by atoms with Crippen molar-refractivity contribution < 1.29 is 19.2 Å². The highest BCUT2D eigenvalue weighted by molar-refractivity contribution is 7.14. The van der Waals surface area contributed by atoms with Crippen LogP contribution in [0.1, 0.15) is 76.5 Å². The summed E-state index contributed by atoms with van der Waals surface area (Å²) in [5.41, 5.74) is 6.74. The minimum absolute atomic E-state index is 0.0179. The van der Waals surface area contributed by atoms with Gasteiger partial charge in [-0.3, -0.25) is 29.5 Å². The van der Waals surface area contributed by atoms with Crippen LogP contribution >= 0.6 is 11.3 Å². The predicted octanol–water partition coefficient (Wildman–Crippen LogP) is 4.32. The molecule has 1 saturated heterocycles. The zero-order chi connectivity index (χ0) is 36.8. The third-order valence-corrected chi connectivity index (χ3v) is 11.8. The van der Waals surface area contributed by atoms with Crippen LogP contribution < -0.4 is 10.6 Å². The van der Waals surface area contributed by atoms with Crippen LogP contribution in [-0.4, -0.2) is 84.4 Å². The molecule has 1 aliphatic carbocycles. The molecule has 1 atom stereocenters. The summed E-state index contributed by atoms with van der Waals surface area (Å²) in [4.78, 5) is 58.6. The van der Waals surface area contributed by atoms with Gasteiger partial charge >= 0.3 is 0 Å². The third kappa shape index (κ3) is 6.39. The van der Waals surface area contributed by atoms with Gasteiger partial charge in [-0.2, -0.15) is 10.4 Å². The van der Waals surface area contributed by atoms with E-state index < -0.39 is 11.9 Å². The second kappa shape index (κ2) is 13.8. The van der Waals surface area contributed by atoms with Crippen LogP contribution in [0, 0.1) is 11.3 Å². The van der Waals surface area contributed by atoms with Crippen molar-refractivity contribution in [2.45, 2.75) is 69.5 Å². The number of nitrogens with zero attached hydrogens (tertiary/aromatic N) is 8. The van der Waals surface area contributed by atoms with Gasteiger partial charge in [-0.05, 0) is 73.6 Å². The van der Waals surface area contributed by atoms with Crippen molar-refractivity contribution >= 4 is 46.2 Å². The summed E-state index contributed by atoms with van der Waals surface area (Å²) < 4.78 is 1.77. The Hall–Kier alpha value is -6.01. The first-order chi connectivity index (χ1) is 25.7. The van der Waals surface area contributed by atoms with E-state index in [1.165, 1.54) is 11.1 Å². The second-order valence-electron chi connectivity index (χ2n) is 13.8. The van der Waals surface area contributed by atoms with Gasteiger partial charge in [0.05, 0.1) is 40.6 Å². The number of carbonyl (C=O) groups is 4. The molecule has 5 aromatic rings. The van der Waals surface area contributed by atoms with Crippen LogP contribution in [0.15, 0.2) is 54.9 Å². The van der Waals surface area contributed by atoms with E-state index in [1.807, 2.05) is 49.3 Å². The number of fused-ring (bicyclic) bond motifs is 2. The Kier molecular flexibility index (Phi) is 8.91. The zero-order valence-electron chi connectivity index (χ0n) is 29.2. The van der Waals surface area contributed by atoms with E-state index in [0.29, 0.717) is 17.5 Å². The molecule has 1 saturated carbocycles. The Morgan fingerprint density at radius 3 is 2.64 bits per heavy atom. The number of likely N-dealkylation sites (N-methyl/N-ethyl adjacent to an activating group) is 1. The average Bonchev–Trinajstić information content (AvgIpc) is 3.92. The van der Waals surface area contributed by atoms with E-state index in [0.717, 1.165) is 75.0 Å². The number of aromatic nitrogens is 5. The maximum absolute atomic E-state index is 13.4. The number of hydrogen-bond donors (Lipinski definition) is 2. The molecule has 8 rings (SSSR count). The Morgan fingerprint density at radius 2 is 1.87 bits per heavy atom. The van der Waals surface area contributed by atoms with E-state index in [1.54, 1.807) is 34.2 Å². The summed E-state index contributed by atoms with van der Waals surface area (Å²) in [5.74, 6) is -0.710. The SMILES string of the molecule is CNc1cc(-c2ccc3cc(C#N)cnn23)ncc1-c1nnc([C@H]2CC[C@H](N(C)C(=O)Cc3ccc4c(c3)CN(C3CCC(=O)NC3=O)C4=O)CC2)s1. The lowest BCUT2D eigenvalue weighted by Gasteiger charge is -2.34. The molecule has 15 heteroatoms. The molecule has 2 aliphatic heterocycles. The quantitative estimate of drug-likeness (QED) is 0.219. The third-order valence-electron chi connectivity index (χ3n) is 10.7. The average molecular weight is 729 g/mol. The van der Waals surface area contributed by atoms with E-state index in [9.17, 15) is 24.4 Å². The number of nitrogens with one attached hydrogen (secondary N) is 2. The number of piperidine rings is 1. The van der Waals surface area contributed by atoms with Crippen LogP contribution in [0.25, 0.3) is 27.5 Å². The molecule has 0 bridgehead atoms. The van der Waals surface area contributed by atoms with E-state index >= 15 is 0 Å². The molecule has 2 N–H and O–H groups in total. The zero-order valence-corrected chi connectivity index (χ0v) is 30.0. The van der Waals surface area contributed by atoms with Gasteiger partial charge in [-0.25, -0.2) is 4.52 Å². The summed E-state index contributed by atoms with van der Waals surface area (Å²) in [7, 11) is 3.73. The largest absolute Gasteiger partial charge is 0.387 e. The summed E-state index contributed by atoms with van der Waals surface area (Å²) in [6, 6.07) is 14.6. The number of anilines is 1. The monoisotopic (exact) mass is 728 g/mol. The molecule has 2 fully saturated rings. The van der Waals surface area contributed by atoms with Gasteiger partial charge in [-0.1, -0.05) is 23.5 Å². The topological polar surface area (TPSA) is 179 Å². The molecule has 1 unspecified atom stereocenters. The highest BCUT2D eigenvalue weighted by Gasteiger charge is 2.39. The number of benzene rings is 1. The Morgan fingerprint density at radius 1 is 1.04 bits per heavy atom. The van der Waals surface area contributed by atoms with E-state index in [2.05, 4.69) is 32.0 Å². The first-order valence-electron chi connectivity index (χ1n) is 17.6. The Bertz CT molecular complexity index is 2340. The molecule has 268 valence electrons. The van der Waals surface area contributed by atoms with Gasteiger partial charge in [0.15, 0.2) is 5.01 Å². The lowest BCUT2D eigenvalue weighted by Crippen LogP contribution is -2.52. The van der Waals surface area contributed by atoms with Gasteiger partial charge < -0.3 is 15.1 Å². The number of carbonyl (C=O) groups excluding carboxylic acids is 4. The number of amides is 4.